The summed E-state index contributed by atoms with van der Waals surface area (Å²) in [6.07, 6.45) is 0. The normalized spacial score (nSPS) is 11.3. The van der Waals surface area contributed by atoms with Crippen molar-refractivity contribution in [2.24, 2.45) is 0 Å². The van der Waals surface area contributed by atoms with Gasteiger partial charge in [-0.25, -0.2) is 17.9 Å². The van der Waals surface area contributed by atoms with Crippen molar-refractivity contribution in [3.8, 4) is 11.3 Å². The van der Waals surface area contributed by atoms with E-state index in [-0.39, 0.29) is 21.2 Å². The molecule has 3 rings (SSSR count). The molecule has 1 aromatic heterocycles. The molecule has 0 amide bonds. The first kappa shape index (κ1) is 18.1. The lowest BCUT2D eigenvalue weighted by molar-refractivity contribution is 0.600. The number of hydrogen-bond acceptors (Lipinski definition) is 4. The zero-order valence-electron chi connectivity index (χ0n) is 13.5. The number of nitrogens with zero attached hydrogens (tertiary/aromatic N) is 1. The standard InChI is InChI=1S/C17H13ClFN3O3S/c1-10-2-3-11(15-6-7-17(23)21-20-15)8-16(10)26(24,25)22-12-4-5-14(19)13(18)9-12/h2-9,22H,1H3,(H,21,23). The van der Waals surface area contributed by atoms with E-state index in [0.29, 0.717) is 16.8 Å². The summed E-state index contributed by atoms with van der Waals surface area (Å²) in [4.78, 5) is 11.2. The molecule has 1 heterocycles. The molecule has 9 heteroatoms. The quantitative estimate of drug-likeness (QED) is 0.711. The minimum atomic E-state index is -3.94. The second-order valence-electron chi connectivity index (χ2n) is 5.52. The molecule has 0 unspecified atom stereocenters. The van der Waals surface area contributed by atoms with E-state index < -0.39 is 15.8 Å². The maximum Gasteiger partial charge on any atom is 0.264 e. The van der Waals surface area contributed by atoms with E-state index >= 15 is 0 Å². The molecule has 0 aliphatic carbocycles. The molecule has 0 radical (unpaired) electrons. The van der Waals surface area contributed by atoms with E-state index in [1.807, 2.05) is 0 Å². The Morgan fingerprint density at radius 3 is 2.54 bits per heavy atom. The Bertz CT molecular complexity index is 1130. The first-order valence-electron chi connectivity index (χ1n) is 7.41. The van der Waals surface area contributed by atoms with Gasteiger partial charge in [-0.05, 0) is 42.8 Å². The van der Waals surface area contributed by atoms with Crippen LogP contribution in [0.1, 0.15) is 5.56 Å². The van der Waals surface area contributed by atoms with Crippen molar-refractivity contribution in [2.75, 3.05) is 4.72 Å². The maximum absolute atomic E-state index is 13.2. The molecule has 134 valence electrons. The van der Waals surface area contributed by atoms with Crippen molar-refractivity contribution in [1.82, 2.24) is 10.2 Å². The lowest BCUT2D eigenvalue weighted by atomic mass is 10.1. The molecule has 2 aromatic carbocycles. The molecule has 6 nitrogen and oxygen atoms in total. The first-order chi connectivity index (χ1) is 12.3. The van der Waals surface area contributed by atoms with Gasteiger partial charge in [-0.2, -0.15) is 5.10 Å². The van der Waals surface area contributed by atoms with Crippen LogP contribution in [0.2, 0.25) is 5.02 Å². The summed E-state index contributed by atoms with van der Waals surface area (Å²) in [7, 11) is -3.94. The molecule has 0 fully saturated rings. The van der Waals surface area contributed by atoms with Gasteiger partial charge in [0.1, 0.15) is 5.82 Å². The Morgan fingerprint density at radius 1 is 1.12 bits per heavy atom. The van der Waals surface area contributed by atoms with E-state index in [4.69, 9.17) is 11.6 Å². The predicted molar refractivity (Wildman–Crippen MR) is 97.2 cm³/mol. The Morgan fingerprint density at radius 2 is 1.88 bits per heavy atom. The van der Waals surface area contributed by atoms with Crippen molar-refractivity contribution < 1.29 is 12.8 Å². The highest BCUT2D eigenvalue weighted by molar-refractivity contribution is 7.92. The van der Waals surface area contributed by atoms with Crippen molar-refractivity contribution >= 4 is 27.3 Å². The molecule has 0 spiro atoms. The van der Waals surface area contributed by atoms with Gasteiger partial charge < -0.3 is 0 Å². The third-order valence-electron chi connectivity index (χ3n) is 3.62. The maximum atomic E-state index is 13.2. The fourth-order valence-electron chi connectivity index (χ4n) is 2.32. The SMILES string of the molecule is Cc1ccc(-c2ccc(=O)[nH]n2)cc1S(=O)(=O)Nc1ccc(F)c(Cl)c1. The van der Waals surface area contributed by atoms with Crippen LogP contribution in [0.25, 0.3) is 11.3 Å². The summed E-state index contributed by atoms with van der Waals surface area (Å²) in [6.45, 7) is 1.65. The highest BCUT2D eigenvalue weighted by atomic mass is 35.5. The van der Waals surface area contributed by atoms with Gasteiger partial charge in [-0.1, -0.05) is 23.7 Å². The van der Waals surface area contributed by atoms with Crippen molar-refractivity contribution in [1.29, 1.82) is 0 Å². The Balaban J connectivity index is 2.01. The number of aromatic nitrogens is 2. The summed E-state index contributed by atoms with van der Waals surface area (Å²) in [5.74, 6) is -0.642. The van der Waals surface area contributed by atoms with Crippen LogP contribution >= 0.6 is 11.6 Å². The zero-order valence-corrected chi connectivity index (χ0v) is 15.0. The Labute approximate surface area is 153 Å². The van der Waals surface area contributed by atoms with Crippen LogP contribution in [-0.2, 0) is 10.0 Å². The van der Waals surface area contributed by atoms with E-state index in [1.54, 1.807) is 19.1 Å². The average molecular weight is 394 g/mol. The van der Waals surface area contributed by atoms with Gasteiger partial charge in [0.25, 0.3) is 15.6 Å². The Hall–Kier alpha value is -2.71. The minimum Gasteiger partial charge on any atom is -0.280 e. The molecule has 2 N–H and O–H groups in total. The first-order valence-corrected chi connectivity index (χ1v) is 9.27. The molecule has 0 saturated carbocycles. The van der Waals surface area contributed by atoms with Crippen molar-refractivity contribution in [2.45, 2.75) is 11.8 Å². The topological polar surface area (TPSA) is 91.9 Å². The fourth-order valence-corrected chi connectivity index (χ4v) is 3.83. The second-order valence-corrected chi connectivity index (χ2v) is 7.58. The van der Waals surface area contributed by atoms with E-state index in [0.717, 1.165) is 6.07 Å². The number of halogens is 2. The van der Waals surface area contributed by atoms with Crippen LogP contribution in [0.3, 0.4) is 0 Å². The molecular weight excluding hydrogens is 381 g/mol. The monoisotopic (exact) mass is 393 g/mol. The zero-order chi connectivity index (χ0) is 18.9. The number of rotatable bonds is 4. The van der Waals surface area contributed by atoms with Crippen LogP contribution in [0.5, 0.6) is 0 Å². The molecular formula is C17H13ClFN3O3S. The van der Waals surface area contributed by atoms with Gasteiger partial charge in [-0.15, -0.1) is 0 Å². The van der Waals surface area contributed by atoms with E-state index in [1.165, 1.54) is 30.3 Å². The second kappa shape index (κ2) is 6.89. The molecule has 3 aromatic rings. The van der Waals surface area contributed by atoms with Gasteiger partial charge in [0.2, 0.25) is 0 Å². The minimum absolute atomic E-state index is 0.0310. The molecule has 0 atom stereocenters. The van der Waals surface area contributed by atoms with E-state index in [2.05, 4.69) is 14.9 Å². The fraction of sp³-hybridized carbons (Fsp3) is 0.0588. The van der Waals surface area contributed by atoms with Crippen LogP contribution in [0, 0.1) is 12.7 Å². The molecule has 0 saturated heterocycles. The van der Waals surface area contributed by atoms with Gasteiger partial charge in [0.05, 0.1) is 21.3 Å². The van der Waals surface area contributed by atoms with Gasteiger partial charge in [-0.3, -0.25) is 9.52 Å². The molecule has 26 heavy (non-hydrogen) atoms. The summed E-state index contributed by atoms with van der Waals surface area (Å²) < 4.78 is 41.1. The lowest BCUT2D eigenvalue weighted by Crippen LogP contribution is -2.14. The third-order valence-corrected chi connectivity index (χ3v) is 5.44. The Kier molecular flexibility index (Phi) is 4.80. The van der Waals surface area contributed by atoms with Crippen molar-refractivity contribution in [3.63, 3.8) is 0 Å². The number of hydrogen-bond donors (Lipinski definition) is 2. The smallest absolute Gasteiger partial charge is 0.264 e. The average Bonchev–Trinajstić information content (AvgIpc) is 2.59. The molecule has 0 bridgehead atoms. The largest absolute Gasteiger partial charge is 0.280 e. The number of nitrogens with one attached hydrogen (secondary N) is 2. The highest BCUT2D eigenvalue weighted by Gasteiger charge is 2.19. The third kappa shape index (κ3) is 3.76. The van der Waals surface area contributed by atoms with Crippen LogP contribution in [0.4, 0.5) is 10.1 Å². The summed E-state index contributed by atoms with van der Waals surface area (Å²) in [5, 5.41) is 6.01. The number of aromatic amines is 1. The van der Waals surface area contributed by atoms with Gasteiger partial charge in [0, 0.05) is 11.6 Å². The van der Waals surface area contributed by atoms with Crippen LogP contribution in [0.15, 0.2) is 58.2 Å². The van der Waals surface area contributed by atoms with Gasteiger partial charge in [0.15, 0.2) is 0 Å². The summed E-state index contributed by atoms with van der Waals surface area (Å²) in [5.41, 5.74) is 1.24. The summed E-state index contributed by atoms with van der Waals surface area (Å²) >= 11 is 5.69. The highest BCUT2D eigenvalue weighted by Crippen LogP contribution is 2.26. The van der Waals surface area contributed by atoms with Gasteiger partial charge >= 0.3 is 0 Å². The van der Waals surface area contributed by atoms with Crippen LogP contribution in [-0.4, -0.2) is 18.6 Å². The number of aryl methyl sites for hydroxylation is 1. The number of benzene rings is 2. The molecule has 0 aliphatic heterocycles. The van der Waals surface area contributed by atoms with E-state index in [9.17, 15) is 17.6 Å². The van der Waals surface area contributed by atoms with Crippen molar-refractivity contribution in [3.05, 3.63) is 75.3 Å². The molecule has 0 aliphatic rings. The number of anilines is 1. The van der Waals surface area contributed by atoms with Crippen LogP contribution < -0.4 is 10.3 Å². The number of H-pyrrole nitrogens is 1. The predicted octanol–water partition coefficient (Wildman–Crippen LogP) is 3.34. The lowest BCUT2D eigenvalue weighted by Gasteiger charge is -2.12. The number of sulfonamides is 1. The summed E-state index contributed by atoms with van der Waals surface area (Å²) in [6, 6.07) is 11.1.